The maximum Gasteiger partial charge on any atom is 0.318 e. The molecular weight excluding hydrogens is 180 g/mol. The third-order valence-corrected chi connectivity index (χ3v) is 2.47. The molecular formula is C9H14N4O. The Morgan fingerprint density at radius 3 is 3.00 bits per heavy atom. The molecule has 0 fully saturated rings. The molecule has 1 aliphatic rings. The second-order valence-corrected chi connectivity index (χ2v) is 3.39. The van der Waals surface area contributed by atoms with E-state index in [-0.39, 0.29) is 6.04 Å². The minimum absolute atomic E-state index is 0.220. The molecule has 0 saturated heterocycles. The Morgan fingerprint density at radius 2 is 2.29 bits per heavy atom. The van der Waals surface area contributed by atoms with Gasteiger partial charge in [0, 0.05) is 11.6 Å². The predicted octanol–water partition coefficient (Wildman–Crippen LogP) is 0.274. The first kappa shape index (κ1) is 9.21. The van der Waals surface area contributed by atoms with Gasteiger partial charge in [-0.25, -0.2) is 0 Å². The predicted molar refractivity (Wildman–Crippen MR) is 53.1 cm³/mol. The summed E-state index contributed by atoms with van der Waals surface area (Å²) in [6.45, 7) is 2.98. The molecule has 5 nitrogen and oxygen atoms in total. The highest BCUT2D eigenvalue weighted by Crippen LogP contribution is 2.25. The number of nitrogen functional groups attached to an aromatic ring is 1. The van der Waals surface area contributed by atoms with Crippen LogP contribution in [0, 0.1) is 0 Å². The molecule has 0 spiro atoms. The molecule has 1 aliphatic heterocycles. The third-order valence-electron chi connectivity index (χ3n) is 2.47. The first-order chi connectivity index (χ1) is 6.72. The van der Waals surface area contributed by atoms with Gasteiger partial charge in [-0.15, -0.1) is 0 Å². The van der Waals surface area contributed by atoms with Gasteiger partial charge in [-0.2, -0.15) is 9.97 Å². The van der Waals surface area contributed by atoms with Crippen molar-refractivity contribution in [3.05, 3.63) is 11.3 Å². The van der Waals surface area contributed by atoms with E-state index in [9.17, 15) is 0 Å². The van der Waals surface area contributed by atoms with Crippen molar-refractivity contribution in [2.75, 3.05) is 19.4 Å². The summed E-state index contributed by atoms with van der Waals surface area (Å²) >= 11 is 0. The van der Waals surface area contributed by atoms with Crippen LogP contribution in [-0.2, 0) is 6.42 Å². The van der Waals surface area contributed by atoms with Gasteiger partial charge in [0.05, 0.1) is 12.8 Å². The van der Waals surface area contributed by atoms with E-state index < -0.39 is 0 Å². The summed E-state index contributed by atoms with van der Waals surface area (Å²) in [7, 11) is 1.54. The van der Waals surface area contributed by atoms with Crippen molar-refractivity contribution in [1.82, 2.24) is 15.3 Å². The van der Waals surface area contributed by atoms with E-state index in [1.165, 1.54) is 0 Å². The average Bonchev–Trinajstić information content (AvgIpc) is 2.19. The van der Waals surface area contributed by atoms with Crippen LogP contribution in [0.3, 0.4) is 0 Å². The largest absolute Gasteiger partial charge is 0.467 e. The van der Waals surface area contributed by atoms with Gasteiger partial charge in [0.2, 0.25) is 0 Å². The number of rotatable bonds is 1. The first-order valence-electron chi connectivity index (χ1n) is 4.66. The van der Waals surface area contributed by atoms with Crippen molar-refractivity contribution >= 4 is 5.82 Å². The number of anilines is 1. The molecule has 0 amide bonds. The molecule has 76 valence electrons. The Bertz CT molecular complexity index is 353. The molecule has 2 rings (SSSR count). The second-order valence-electron chi connectivity index (χ2n) is 3.39. The molecule has 0 aliphatic carbocycles. The van der Waals surface area contributed by atoms with Crippen molar-refractivity contribution in [2.45, 2.75) is 19.4 Å². The quantitative estimate of drug-likeness (QED) is 0.671. The number of ether oxygens (including phenoxy) is 1. The normalized spacial score (nSPS) is 20.3. The van der Waals surface area contributed by atoms with E-state index in [2.05, 4.69) is 22.2 Å². The summed E-state index contributed by atoms with van der Waals surface area (Å²) in [4.78, 5) is 8.35. The number of hydrogen-bond donors (Lipinski definition) is 2. The Labute approximate surface area is 82.7 Å². The lowest BCUT2D eigenvalue weighted by molar-refractivity contribution is 0.373. The summed E-state index contributed by atoms with van der Waals surface area (Å²) in [6, 6.07) is 0.565. The molecule has 0 aromatic carbocycles. The number of nitrogens with one attached hydrogen (secondary N) is 1. The molecule has 1 aromatic rings. The van der Waals surface area contributed by atoms with Crippen molar-refractivity contribution in [2.24, 2.45) is 0 Å². The number of methoxy groups -OCH3 is 1. The van der Waals surface area contributed by atoms with E-state index >= 15 is 0 Å². The summed E-state index contributed by atoms with van der Waals surface area (Å²) in [5, 5.41) is 3.32. The molecule has 0 radical (unpaired) electrons. The van der Waals surface area contributed by atoms with Gasteiger partial charge in [-0.1, -0.05) is 0 Å². The standard InChI is InChI=1S/C9H14N4O/c1-5-7-6(3-4-11-5)8(10)13-9(12-7)14-2/h5,11H,3-4H2,1-2H3,(H2,10,12,13). The highest BCUT2D eigenvalue weighted by atomic mass is 16.5. The summed E-state index contributed by atoms with van der Waals surface area (Å²) in [5.74, 6) is 0.542. The van der Waals surface area contributed by atoms with Crippen LogP contribution in [0.1, 0.15) is 24.2 Å². The van der Waals surface area contributed by atoms with Gasteiger partial charge in [-0.05, 0) is 19.9 Å². The average molecular weight is 194 g/mol. The van der Waals surface area contributed by atoms with Crippen LogP contribution >= 0.6 is 0 Å². The number of hydrogen-bond acceptors (Lipinski definition) is 5. The molecule has 5 heteroatoms. The maximum atomic E-state index is 5.82. The van der Waals surface area contributed by atoms with E-state index in [4.69, 9.17) is 10.5 Å². The van der Waals surface area contributed by atoms with Crippen LogP contribution in [0.4, 0.5) is 5.82 Å². The van der Waals surface area contributed by atoms with Crippen molar-refractivity contribution in [3.63, 3.8) is 0 Å². The topological polar surface area (TPSA) is 73.1 Å². The van der Waals surface area contributed by atoms with Crippen molar-refractivity contribution in [1.29, 1.82) is 0 Å². The number of nitrogens with two attached hydrogens (primary N) is 1. The Hall–Kier alpha value is -1.36. The number of fused-ring (bicyclic) bond motifs is 1. The molecule has 3 N–H and O–H groups in total. The summed E-state index contributed by atoms with van der Waals surface area (Å²) in [6.07, 6.45) is 0.884. The Morgan fingerprint density at radius 1 is 1.50 bits per heavy atom. The Kier molecular flexibility index (Phi) is 2.25. The van der Waals surface area contributed by atoms with Crippen LogP contribution in [0.15, 0.2) is 0 Å². The number of aromatic nitrogens is 2. The fraction of sp³-hybridized carbons (Fsp3) is 0.556. The first-order valence-corrected chi connectivity index (χ1v) is 4.66. The SMILES string of the molecule is COc1nc(N)c2c(n1)C(C)NCC2. The van der Waals surface area contributed by atoms with Gasteiger partial charge >= 0.3 is 6.01 Å². The Balaban J connectivity index is 2.51. The summed E-state index contributed by atoms with van der Waals surface area (Å²) < 4.78 is 4.98. The second kappa shape index (κ2) is 3.42. The molecule has 0 bridgehead atoms. The zero-order chi connectivity index (χ0) is 10.1. The van der Waals surface area contributed by atoms with Crippen molar-refractivity contribution < 1.29 is 4.74 Å². The minimum Gasteiger partial charge on any atom is -0.467 e. The fourth-order valence-corrected chi connectivity index (χ4v) is 1.71. The monoisotopic (exact) mass is 194 g/mol. The number of nitrogens with zero attached hydrogens (tertiary/aromatic N) is 2. The third kappa shape index (κ3) is 1.39. The summed E-state index contributed by atoms with van der Waals surface area (Å²) in [5.41, 5.74) is 7.83. The molecule has 1 atom stereocenters. The molecule has 1 aromatic heterocycles. The van der Waals surface area contributed by atoms with E-state index in [1.807, 2.05) is 0 Å². The smallest absolute Gasteiger partial charge is 0.318 e. The van der Waals surface area contributed by atoms with Crippen LogP contribution in [0.25, 0.3) is 0 Å². The van der Waals surface area contributed by atoms with E-state index in [1.54, 1.807) is 7.11 Å². The van der Waals surface area contributed by atoms with Crippen LogP contribution in [0.5, 0.6) is 6.01 Å². The molecule has 2 heterocycles. The lowest BCUT2D eigenvalue weighted by atomic mass is 10.0. The van der Waals surface area contributed by atoms with E-state index in [0.717, 1.165) is 24.2 Å². The van der Waals surface area contributed by atoms with Gasteiger partial charge < -0.3 is 15.8 Å². The maximum absolute atomic E-state index is 5.82. The van der Waals surface area contributed by atoms with Crippen LogP contribution in [0.2, 0.25) is 0 Å². The van der Waals surface area contributed by atoms with Gasteiger partial charge in [-0.3, -0.25) is 0 Å². The van der Waals surface area contributed by atoms with Crippen molar-refractivity contribution in [3.8, 4) is 6.01 Å². The zero-order valence-corrected chi connectivity index (χ0v) is 8.37. The van der Waals surface area contributed by atoms with Gasteiger partial charge in [0.25, 0.3) is 0 Å². The highest BCUT2D eigenvalue weighted by molar-refractivity contribution is 5.45. The van der Waals surface area contributed by atoms with Gasteiger partial charge in [0.1, 0.15) is 5.82 Å². The lowest BCUT2D eigenvalue weighted by Gasteiger charge is -2.23. The molecule has 14 heavy (non-hydrogen) atoms. The molecule has 0 saturated carbocycles. The molecule has 1 unspecified atom stereocenters. The highest BCUT2D eigenvalue weighted by Gasteiger charge is 2.21. The van der Waals surface area contributed by atoms with E-state index in [0.29, 0.717) is 11.8 Å². The zero-order valence-electron chi connectivity index (χ0n) is 8.37. The fourth-order valence-electron chi connectivity index (χ4n) is 1.71. The van der Waals surface area contributed by atoms with Gasteiger partial charge in [0.15, 0.2) is 0 Å². The minimum atomic E-state index is 0.220. The lowest BCUT2D eigenvalue weighted by Crippen LogP contribution is -2.30. The van der Waals surface area contributed by atoms with Crippen LogP contribution in [-0.4, -0.2) is 23.6 Å². The van der Waals surface area contributed by atoms with Crippen LogP contribution < -0.4 is 15.8 Å².